The van der Waals surface area contributed by atoms with E-state index in [0.717, 1.165) is 5.56 Å². The van der Waals surface area contributed by atoms with Gasteiger partial charge in [-0.3, -0.25) is 4.79 Å². The Morgan fingerprint density at radius 1 is 1.32 bits per heavy atom. The number of halogens is 3. The Morgan fingerprint density at radius 3 is 2.36 bits per heavy atom. The van der Waals surface area contributed by atoms with Crippen molar-refractivity contribution in [2.24, 2.45) is 5.73 Å². The van der Waals surface area contributed by atoms with E-state index in [1.54, 1.807) is 19.2 Å². The van der Waals surface area contributed by atoms with Crippen LogP contribution < -0.4 is 10.5 Å². The SMILES string of the molecule is COC(CN)CC(=O)N(C)Cc1ccc(OC(F)F)cc1.Cl. The molecule has 0 aliphatic rings. The van der Waals surface area contributed by atoms with E-state index < -0.39 is 6.61 Å². The van der Waals surface area contributed by atoms with Crippen molar-refractivity contribution in [1.29, 1.82) is 0 Å². The third-order valence-corrected chi connectivity index (χ3v) is 2.99. The monoisotopic (exact) mass is 338 g/mol. The number of carbonyl (C=O) groups is 1. The van der Waals surface area contributed by atoms with Crippen molar-refractivity contribution in [2.75, 3.05) is 20.7 Å². The zero-order valence-electron chi connectivity index (χ0n) is 12.5. The summed E-state index contributed by atoms with van der Waals surface area (Å²) in [5.41, 5.74) is 6.28. The number of hydrogen-bond donors (Lipinski definition) is 1. The fourth-order valence-electron chi connectivity index (χ4n) is 1.75. The number of rotatable bonds is 8. The molecule has 126 valence electrons. The predicted octanol–water partition coefficient (Wildman–Crippen LogP) is 2.03. The number of alkyl halides is 2. The summed E-state index contributed by atoms with van der Waals surface area (Å²) < 4.78 is 33.4. The summed E-state index contributed by atoms with van der Waals surface area (Å²) >= 11 is 0. The molecule has 1 unspecified atom stereocenters. The maximum absolute atomic E-state index is 12.0. The molecule has 1 aromatic rings. The molecular weight excluding hydrogens is 318 g/mol. The molecule has 0 heterocycles. The molecule has 1 atom stereocenters. The first-order valence-corrected chi connectivity index (χ1v) is 6.46. The molecule has 0 aromatic heterocycles. The maximum atomic E-state index is 12.0. The molecule has 0 saturated heterocycles. The molecule has 0 saturated carbocycles. The number of ether oxygens (including phenoxy) is 2. The molecule has 2 N–H and O–H groups in total. The molecule has 22 heavy (non-hydrogen) atoms. The highest BCUT2D eigenvalue weighted by molar-refractivity contribution is 5.85. The van der Waals surface area contributed by atoms with Crippen LogP contribution in [-0.4, -0.2) is 44.2 Å². The number of nitrogens with two attached hydrogens (primary N) is 1. The Hall–Kier alpha value is -1.44. The van der Waals surface area contributed by atoms with Gasteiger partial charge in [0.15, 0.2) is 0 Å². The largest absolute Gasteiger partial charge is 0.435 e. The predicted molar refractivity (Wildman–Crippen MR) is 81.3 cm³/mol. The number of methoxy groups -OCH3 is 1. The number of benzene rings is 1. The van der Waals surface area contributed by atoms with E-state index in [9.17, 15) is 13.6 Å². The smallest absolute Gasteiger partial charge is 0.387 e. The van der Waals surface area contributed by atoms with Crippen molar-refractivity contribution in [2.45, 2.75) is 25.7 Å². The Kier molecular flexibility index (Phi) is 9.64. The van der Waals surface area contributed by atoms with Crippen LogP contribution in [-0.2, 0) is 16.1 Å². The van der Waals surface area contributed by atoms with Crippen molar-refractivity contribution < 1.29 is 23.0 Å². The van der Waals surface area contributed by atoms with Gasteiger partial charge in [0.2, 0.25) is 5.91 Å². The summed E-state index contributed by atoms with van der Waals surface area (Å²) in [7, 11) is 3.17. The minimum atomic E-state index is -2.85. The summed E-state index contributed by atoms with van der Waals surface area (Å²) in [5, 5.41) is 0. The lowest BCUT2D eigenvalue weighted by Crippen LogP contribution is -2.33. The van der Waals surface area contributed by atoms with Crippen LogP contribution in [0.4, 0.5) is 8.78 Å². The molecular formula is C14H21ClF2N2O3. The highest BCUT2D eigenvalue weighted by atomic mass is 35.5. The summed E-state index contributed by atoms with van der Waals surface area (Å²) in [6.07, 6.45) is -0.0995. The quantitative estimate of drug-likeness (QED) is 0.787. The minimum Gasteiger partial charge on any atom is -0.435 e. The zero-order chi connectivity index (χ0) is 15.8. The van der Waals surface area contributed by atoms with Gasteiger partial charge in [-0.15, -0.1) is 12.4 Å². The first-order valence-electron chi connectivity index (χ1n) is 6.46. The third-order valence-electron chi connectivity index (χ3n) is 2.99. The summed E-state index contributed by atoms with van der Waals surface area (Å²) in [6, 6.07) is 6.16. The van der Waals surface area contributed by atoms with Gasteiger partial charge < -0.3 is 20.1 Å². The Balaban J connectivity index is 0.00000441. The molecule has 5 nitrogen and oxygen atoms in total. The zero-order valence-corrected chi connectivity index (χ0v) is 13.3. The first kappa shape index (κ1) is 20.6. The lowest BCUT2D eigenvalue weighted by molar-refractivity contribution is -0.132. The van der Waals surface area contributed by atoms with Crippen LogP contribution in [0.5, 0.6) is 5.75 Å². The van der Waals surface area contributed by atoms with Gasteiger partial charge in [0.05, 0.1) is 12.5 Å². The summed E-state index contributed by atoms with van der Waals surface area (Å²) in [6.45, 7) is -2.20. The van der Waals surface area contributed by atoms with E-state index in [1.165, 1.54) is 24.1 Å². The number of nitrogens with zero attached hydrogens (tertiary/aromatic N) is 1. The van der Waals surface area contributed by atoms with E-state index in [2.05, 4.69) is 4.74 Å². The van der Waals surface area contributed by atoms with Crippen LogP contribution in [0.3, 0.4) is 0 Å². The number of carbonyl (C=O) groups excluding carboxylic acids is 1. The van der Waals surface area contributed by atoms with E-state index in [1.807, 2.05) is 0 Å². The van der Waals surface area contributed by atoms with Gasteiger partial charge in [0.1, 0.15) is 5.75 Å². The van der Waals surface area contributed by atoms with Gasteiger partial charge >= 0.3 is 6.61 Å². The van der Waals surface area contributed by atoms with Gasteiger partial charge in [0.25, 0.3) is 0 Å². The molecule has 0 radical (unpaired) electrons. The molecule has 8 heteroatoms. The fraction of sp³-hybridized carbons (Fsp3) is 0.500. The lowest BCUT2D eigenvalue weighted by atomic mass is 10.2. The van der Waals surface area contributed by atoms with Gasteiger partial charge in [-0.25, -0.2) is 0 Å². The average molecular weight is 339 g/mol. The Morgan fingerprint density at radius 2 is 1.91 bits per heavy atom. The van der Waals surface area contributed by atoms with Gasteiger partial charge in [-0.05, 0) is 17.7 Å². The average Bonchev–Trinajstić information content (AvgIpc) is 2.45. The number of amides is 1. The van der Waals surface area contributed by atoms with E-state index in [4.69, 9.17) is 10.5 Å². The van der Waals surface area contributed by atoms with E-state index in [0.29, 0.717) is 6.54 Å². The van der Waals surface area contributed by atoms with E-state index in [-0.39, 0.29) is 43.1 Å². The topological polar surface area (TPSA) is 64.8 Å². The van der Waals surface area contributed by atoms with Crippen LogP contribution in [0.15, 0.2) is 24.3 Å². The normalized spacial score (nSPS) is 11.7. The molecule has 1 aromatic carbocycles. The third kappa shape index (κ3) is 7.02. The highest BCUT2D eigenvalue weighted by Gasteiger charge is 2.15. The van der Waals surface area contributed by atoms with Crippen molar-refractivity contribution in [3.05, 3.63) is 29.8 Å². The minimum absolute atomic E-state index is 0. The molecule has 0 aliphatic heterocycles. The fourth-order valence-corrected chi connectivity index (χ4v) is 1.75. The van der Waals surface area contributed by atoms with E-state index >= 15 is 0 Å². The first-order chi connectivity index (χ1) is 9.96. The molecule has 0 fully saturated rings. The summed E-state index contributed by atoms with van der Waals surface area (Å²) in [5.74, 6) is -0.00878. The molecule has 1 rings (SSSR count). The molecule has 0 bridgehead atoms. The molecule has 0 aliphatic carbocycles. The lowest BCUT2D eigenvalue weighted by Gasteiger charge is -2.20. The van der Waals surface area contributed by atoms with Crippen molar-refractivity contribution in [3.63, 3.8) is 0 Å². The van der Waals surface area contributed by atoms with Gasteiger partial charge in [0, 0.05) is 27.2 Å². The Bertz CT molecular complexity index is 442. The highest BCUT2D eigenvalue weighted by Crippen LogP contribution is 2.16. The van der Waals surface area contributed by atoms with Crippen LogP contribution >= 0.6 is 12.4 Å². The second-order valence-corrected chi connectivity index (χ2v) is 4.57. The Labute approximate surface area is 134 Å². The van der Waals surface area contributed by atoms with Crippen molar-refractivity contribution >= 4 is 18.3 Å². The van der Waals surface area contributed by atoms with Crippen molar-refractivity contribution in [1.82, 2.24) is 4.90 Å². The standard InChI is InChI=1S/C14H20F2N2O3.ClH/c1-18(13(19)7-12(8-17)20-2)9-10-3-5-11(6-4-10)21-14(15)16;/h3-6,12,14H,7-9,17H2,1-2H3;1H. The van der Waals surface area contributed by atoms with Crippen LogP contribution in [0.2, 0.25) is 0 Å². The van der Waals surface area contributed by atoms with Crippen LogP contribution in [0.1, 0.15) is 12.0 Å². The van der Waals surface area contributed by atoms with Crippen LogP contribution in [0.25, 0.3) is 0 Å². The molecule has 1 amide bonds. The second-order valence-electron chi connectivity index (χ2n) is 4.57. The number of hydrogen-bond acceptors (Lipinski definition) is 4. The maximum Gasteiger partial charge on any atom is 0.387 e. The molecule has 0 spiro atoms. The van der Waals surface area contributed by atoms with Crippen LogP contribution in [0, 0.1) is 0 Å². The summed E-state index contributed by atoms with van der Waals surface area (Å²) in [4.78, 5) is 13.5. The van der Waals surface area contributed by atoms with Gasteiger partial charge in [-0.1, -0.05) is 12.1 Å². The van der Waals surface area contributed by atoms with Crippen molar-refractivity contribution in [3.8, 4) is 5.75 Å². The second kappa shape index (κ2) is 10.3. The van der Waals surface area contributed by atoms with Gasteiger partial charge in [-0.2, -0.15) is 8.78 Å².